The molecule has 1 unspecified atom stereocenters. The average Bonchev–Trinajstić information content (AvgIpc) is 3.16. The van der Waals surface area contributed by atoms with Crippen LogP contribution in [0.5, 0.6) is 0 Å². The van der Waals surface area contributed by atoms with Gasteiger partial charge in [-0.25, -0.2) is 4.79 Å². The van der Waals surface area contributed by atoms with Crippen LogP contribution in [0.25, 0.3) is 11.3 Å². The molecule has 1 aliphatic heterocycles. The highest BCUT2D eigenvalue weighted by Crippen LogP contribution is 2.24. The summed E-state index contributed by atoms with van der Waals surface area (Å²) < 4.78 is 5.71. The van der Waals surface area contributed by atoms with Crippen molar-refractivity contribution in [2.75, 3.05) is 14.1 Å². The van der Waals surface area contributed by atoms with Crippen molar-refractivity contribution in [1.82, 2.24) is 15.1 Å². The second-order valence-electron chi connectivity index (χ2n) is 6.06. The standard InChI is InChI=1S/C18H18ClN3O4/c1-21-14(17(24)22(2)18(21)25)9-16(23)20-10-13-6-7-15(26-13)11-4-3-5-12(19)8-11/h3-8,14H,9-10H2,1-2H3,(H,20,23). The van der Waals surface area contributed by atoms with E-state index in [0.29, 0.717) is 16.5 Å². The lowest BCUT2D eigenvalue weighted by Crippen LogP contribution is -2.37. The Morgan fingerprint density at radius 2 is 2.00 bits per heavy atom. The molecule has 4 amide bonds. The van der Waals surface area contributed by atoms with Crippen molar-refractivity contribution in [3.8, 4) is 11.3 Å². The molecule has 2 heterocycles. The number of urea groups is 1. The molecular formula is C18H18ClN3O4. The quantitative estimate of drug-likeness (QED) is 0.814. The molecule has 2 aromatic rings. The second-order valence-corrected chi connectivity index (χ2v) is 6.50. The summed E-state index contributed by atoms with van der Waals surface area (Å²) in [7, 11) is 2.91. The molecule has 0 saturated carbocycles. The average molecular weight is 376 g/mol. The topological polar surface area (TPSA) is 82.9 Å². The molecular weight excluding hydrogens is 358 g/mol. The highest BCUT2D eigenvalue weighted by molar-refractivity contribution is 6.30. The monoisotopic (exact) mass is 375 g/mol. The smallest absolute Gasteiger partial charge is 0.326 e. The molecule has 136 valence electrons. The van der Waals surface area contributed by atoms with Gasteiger partial charge in [-0.1, -0.05) is 23.7 Å². The minimum absolute atomic E-state index is 0.0900. The Bertz CT molecular complexity index is 864. The lowest BCUT2D eigenvalue weighted by atomic mass is 10.2. The zero-order valence-corrected chi connectivity index (χ0v) is 15.1. The molecule has 0 spiro atoms. The number of furan rings is 1. The van der Waals surface area contributed by atoms with Crippen molar-refractivity contribution >= 4 is 29.4 Å². The van der Waals surface area contributed by atoms with Crippen LogP contribution in [0.4, 0.5) is 4.79 Å². The number of carbonyl (C=O) groups is 3. The number of likely N-dealkylation sites (N-methyl/N-ethyl adjacent to an activating group) is 2. The van der Waals surface area contributed by atoms with E-state index in [1.807, 2.05) is 12.1 Å². The fraction of sp³-hybridized carbons (Fsp3) is 0.278. The molecule has 1 aromatic carbocycles. The molecule has 0 aliphatic carbocycles. The maximum absolute atomic E-state index is 12.1. The number of nitrogens with one attached hydrogen (secondary N) is 1. The van der Waals surface area contributed by atoms with Crippen LogP contribution in [0.1, 0.15) is 12.2 Å². The first-order valence-electron chi connectivity index (χ1n) is 8.02. The van der Waals surface area contributed by atoms with E-state index in [9.17, 15) is 14.4 Å². The maximum atomic E-state index is 12.1. The van der Waals surface area contributed by atoms with Crippen molar-refractivity contribution < 1.29 is 18.8 Å². The van der Waals surface area contributed by atoms with Gasteiger partial charge in [0.15, 0.2) is 0 Å². The molecule has 1 N–H and O–H groups in total. The molecule has 1 fully saturated rings. The van der Waals surface area contributed by atoms with E-state index in [-0.39, 0.29) is 24.8 Å². The third-order valence-corrected chi connectivity index (χ3v) is 4.52. The van der Waals surface area contributed by atoms with Crippen molar-refractivity contribution in [3.63, 3.8) is 0 Å². The Morgan fingerprint density at radius 1 is 1.23 bits per heavy atom. The first kappa shape index (κ1) is 18.0. The Labute approximate surface area is 155 Å². The van der Waals surface area contributed by atoms with Gasteiger partial charge in [0.1, 0.15) is 17.6 Å². The number of carbonyl (C=O) groups excluding carboxylic acids is 3. The van der Waals surface area contributed by atoms with Crippen LogP contribution in [0.3, 0.4) is 0 Å². The molecule has 8 heteroatoms. The number of halogens is 1. The summed E-state index contributed by atoms with van der Waals surface area (Å²) in [5, 5.41) is 3.32. The third-order valence-electron chi connectivity index (χ3n) is 4.28. The zero-order chi connectivity index (χ0) is 18.8. The Hall–Kier alpha value is -2.80. The van der Waals surface area contributed by atoms with Gasteiger partial charge in [-0.3, -0.25) is 14.5 Å². The minimum atomic E-state index is -0.772. The summed E-state index contributed by atoms with van der Waals surface area (Å²) >= 11 is 5.97. The van der Waals surface area contributed by atoms with Crippen LogP contribution >= 0.6 is 11.6 Å². The highest BCUT2D eigenvalue weighted by atomic mass is 35.5. The van der Waals surface area contributed by atoms with Crippen molar-refractivity contribution in [2.24, 2.45) is 0 Å². The SMILES string of the molecule is CN1C(=O)C(CC(=O)NCc2ccc(-c3cccc(Cl)c3)o2)N(C)C1=O. The molecule has 0 bridgehead atoms. The van der Waals surface area contributed by atoms with Crippen LogP contribution in [0, 0.1) is 0 Å². The van der Waals surface area contributed by atoms with Gasteiger partial charge in [0.05, 0.1) is 13.0 Å². The van der Waals surface area contributed by atoms with Gasteiger partial charge >= 0.3 is 6.03 Å². The lowest BCUT2D eigenvalue weighted by molar-refractivity contribution is -0.131. The van der Waals surface area contributed by atoms with Gasteiger partial charge < -0.3 is 14.6 Å². The molecule has 7 nitrogen and oxygen atoms in total. The van der Waals surface area contributed by atoms with Crippen molar-refractivity contribution in [2.45, 2.75) is 19.0 Å². The van der Waals surface area contributed by atoms with Gasteiger partial charge in [0.25, 0.3) is 5.91 Å². The van der Waals surface area contributed by atoms with Crippen LogP contribution in [-0.4, -0.2) is 47.8 Å². The largest absolute Gasteiger partial charge is 0.459 e. The molecule has 1 aromatic heterocycles. The molecule has 0 radical (unpaired) electrons. The van der Waals surface area contributed by atoms with Gasteiger partial charge in [-0.2, -0.15) is 0 Å². The molecule has 1 saturated heterocycles. The van der Waals surface area contributed by atoms with Crippen LogP contribution < -0.4 is 5.32 Å². The van der Waals surface area contributed by atoms with Crippen LogP contribution in [0.2, 0.25) is 5.02 Å². The van der Waals surface area contributed by atoms with E-state index in [4.69, 9.17) is 16.0 Å². The summed E-state index contributed by atoms with van der Waals surface area (Å²) in [4.78, 5) is 38.1. The van der Waals surface area contributed by atoms with Gasteiger partial charge in [0.2, 0.25) is 5.91 Å². The molecule has 26 heavy (non-hydrogen) atoms. The summed E-state index contributed by atoms with van der Waals surface area (Å²) in [5.41, 5.74) is 0.842. The minimum Gasteiger partial charge on any atom is -0.459 e. The Morgan fingerprint density at radius 3 is 2.65 bits per heavy atom. The van der Waals surface area contributed by atoms with Gasteiger partial charge in [0, 0.05) is 24.7 Å². The fourth-order valence-electron chi connectivity index (χ4n) is 2.78. The zero-order valence-electron chi connectivity index (χ0n) is 14.4. The predicted molar refractivity (Wildman–Crippen MR) is 95.3 cm³/mol. The first-order valence-corrected chi connectivity index (χ1v) is 8.40. The number of amides is 4. The van der Waals surface area contributed by atoms with E-state index in [1.165, 1.54) is 19.0 Å². The number of hydrogen-bond donors (Lipinski definition) is 1. The van der Waals surface area contributed by atoms with Crippen LogP contribution in [-0.2, 0) is 16.1 Å². The summed E-state index contributed by atoms with van der Waals surface area (Å²) in [5.74, 6) is 0.509. The molecule has 3 rings (SSSR count). The number of rotatable bonds is 5. The fourth-order valence-corrected chi connectivity index (χ4v) is 2.97. The normalized spacial score (nSPS) is 17.1. The van der Waals surface area contributed by atoms with E-state index >= 15 is 0 Å². The number of benzene rings is 1. The van der Waals surface area contributed by atoms with Crippen molar-refractivity contribution in [1.29, 1.82) is 0 Å². The lowest BCUT2D eigenvalue weighted by Gasteiger charge is -2.15. The Balaban J connectivity index is 1.57. The van der Waals surface area contributed by atoms with Gasteiger partial charge in [-0.15, -0.1) is 0 Å². The third kappa shape index (κ3) is 3.57. The second kappa shape index (κ2) is 7.21. The number of imide groups is 1. The van der Waals surface area contributed by atoms with E-state index < -0.39 is 12.1 Å². The molecule has 1 aliphatic rings. The van der Waals surface area contributed by atoms with Gasteiger partial charge in [-0.05, 0) is 24.3 Å². The highest BCUT2D eigenvalue weighted by Gasteiger charge is 2.41. The summed E-state index contributed by atoms with van der Waals surface area (Å²) in [6.45, 7) is 0.188. The Kier molecular flexibility index (Phi) is 4.99. The first-order chi connectivity index (χ1) is 12.4. The van der Waals surface area contributed by atoms with E-state index in [0.717, 1.165) is 10.5 Å². The van der Waals surface area contributed by atoms with Crippen molar-refractivity contribution in [3.05, 3.63) is 47.2 Å². The number of hydrogen-bond acceptors (Lipinski definition) is 4. The molecule has 1 atom stereocenters. The number of nitrogens with zero attached hydrogens (tertiary/aromatic N) is 2. The van der Waals surface area contributed by atoms with E-state index in [1.54, 1.807) is 24.3 Å². The summed E-state index contributed by atoms with van der Waals surface area (Å²) in [6.07, 6.45) is -0.0900. The van der Waals surface area contributed by atoms with Crippen LogP contribution in [0.15, 0.2) is 40.8 Å². The summed E-state index contributed by atoms with van der Waals surface area (Å²) in [6, 6.07) is 9.65. The maximum Gasteiger partial charge on any atom is 0.326 e. The predicted octanol–water partition coefficient (Wildman–Crippen LogP) is 2.50. The van der Waals surface area contributed by atoms with E-state index in [2.05, 4.69) is 5.32 Å².